The largest absolute Gasteiger partial charge is 0.325 e. The van der Waals surface area contributed by atoms with Gasteiger partial charge in [-0.1, -0.05) is 42.1 Å². The second-order valence-electron chi connectivity index (χ2n) is 4.90. The molecule has 0 spiro atoms. The molecular weight excluding hydrogens is 271 g/mol. The van der Waals surface area contributed by atoms with Gasteiger partial charge in [-0.05, 0) is 25.0 Å². The summed E-state index contributed by atoms with van der Waals surface area (Å²) in [6, 6.07) is 5.16. The zero-order chi connectivity index (χ0) is 13.2. The van der Waals surface area contributed by atoms with Crippen molar-refractivity contribution in [2.24, 2.45) is 5.73 Å². The van der Waals surface area contributed by atoms with Crippen LogP contribution in [0.3, 0.4) is 0 Å². The molecule has 0 bridgehead atoms. The Balaban J connectivity index is 2.01. The molecule has 0 aromatic heterocycles. The van der Waals surface area contributed by atoms with E-state index in [0.29, 0.717) is 22.2 Å². The van der Waals surface area contributed by atoms with E-state index in [1.165, 1.54) is 0 Å². The van der Waals surface area contributed by atoms with Crippen LogP contribution in [0.1, 0.15) is 32.1 Å². The average molecular weight is 287 g/mol. The summed E-state index contributed by atoms with van der Waals surface area (Å²) >= 11 is 11.9. The first kappa shape index (κ1) is 13.7. The van der Waals surface area contributed by atoms with Gasteiger partial charge in [0.1, 0.15) is 0 Å². The second kappa shape index (κ2) is 5.47. The number of nitrogens with one attached hydrogen (secondary N) is 1. The molecule has 3 nitrogen and oxygen atoms in total. The highest BCUT2D eigenvalue weighted by Gasteiger charge is 2.31. The summed E-state index contributed by atoms with van der Waals surface area (Å²) < 4.78 is 0. The number of hydrogen-bond acceptors (Lipinski definition) is 2. The summed E-state index contributed by atoms with van der Waals surface area (Å²) in [6.07, 6.45) is 4.34. The van der Waals surface area contributed by atoms with E-state index >= 15 is 0 Å². The monoisotopic (exact) mass is 286 g/mol. The number of benzene rings is 1. The molecule has 0 unspecified atom stereocenters. The fraction of sp³-hybridized carbons (Fsp3) is 0.462. The lowest BCUT2D eigenvalue weighted by atomic mass is 9.94. The van der Waals surface area contributed by atoms with Crippen molar-refractivity contribution in [1.82, 2.24) is 0 Å². The van der Waals surface area contributed by atoms with Crippen LogP contribution in [0.4, 0.5) is 5.69 Å². The van der Waals surface area contributed by atoms with Crippen molar-refractivity contribution < 1.29 is 4.79 Å². The van der Waals surface area contributed by atoms with Gasteiger partial charge in [0, 0.05) is 12.0 Å². The smallest absolute Gasteiger partial charge is 0.226 e. The van der Waals surface area contributed by atoms with Gasteiger partial charge in [0.25, 0.3) is 0 Å². The van der Waals surface area contributed by atoms with Gasteiger partial charge in [-0.25, -0.2) is 0 Å². The first-order valence-corrected chi connectivity index (χ1v) is 6.78. The van der Waals surface area contributed by atoms with Crippen molar-refractivity contribution in [3.63, 3.8) is 0 Å². The Bertz CT molecular complexity index is 456. The lowest BCUT2D eigenvalue weighted by Gasteiger charge is -2.22. The zero-order valence-corrected chi connectivity index (χ0v) is 11.5. The van der Waals surface area contributed by atoms with Crippen LogP contribution in [0.5, 0.6) is 0 Å². The zero-order valence-electron chi connectivity index (χ0n) is 10.0. The fourth-order valence-electron chi connectivity index (χ4n) is 2.37. The number of amides is 1. The molecule has 1 aromatic rings. The Labute approximate surface area is 117 Å². The van der Waals surface area contributed by atoms with E-state index < -0.39 is 0 Å². The van der Waals surface area contributed by atoms with Gasteiger partial charge >= 0.3 is 0 Å². The predicted molar refractivity (Wildman–Crippen MR) is 75.1 cm³/mol. The highest BCUT2D eigenvalue weighted by atomic mass is 35.5. The Morgan fingerprint density at radius 3 is 2.67 bits per heavy atom. The van der Waals surface area contributed by atoms with Gasteiger partial charge in [0.15, 0.2) is 0 Å². The third-order valence-electron chi connectivity index (χ3n) is 3.34. The van der Waals surface area contributed by atoms with Crippen molar-refractivity contribution in [1.29, 1.82) is 0 Å². The van der Waals surface area contributed by atoms with Crippen molar-refractivity contribution >= 4 is 34.8 Å². The van der Waals surface area contributed by atoms with Crippen LogP contribution in [-0.4, -0.2) is 11.4 Å². The molecule has 5 heteroatoms. The van der Waals surface area contributed by atoms with Crippen molar-refractivity contribution in [2.75, 3.05) is 5.32 Å². The Hall–Kier alpha value is -0.770. The average Bonchev–Trinajstić information content (AvgIpc) is 2.71. The number of carbonyl (C=O) groups is 1. The van der Waals surface area contributed by atoms with Gasteiger partial charge in [-0.3, -0.25) is 4.79 Å². The molecule has 2 rings (SSSR count). The molecule has 18 heavy (non-hydrogen) atoms. The van der Waals surface area contributed by atoms with Gasteiger partial charge < -0.3 is 11.1 Å². The molecule has 0 aliphatic heterocycles. The summed E-state index contributed by atoms with van der Waals surface area (Å²) in [6.45, 7) is 0. The maximum absolute atomic E-state index is 11.9. The van der Waals surface area contributed by atoms with E-state index in [4.69, 9.17) is 28.9 Å². The number of rotatable bonds is 3. The first-order chi connectivity index (χ1) is 8.50. The van der Waals surface area contributed by atoms with Crippen LogP contribution in [-0.2, 0) is 4.79 Å². The number of anilines is 1. The summed E-state index contributed by atoms with van der Waals surface area (Å²) in [7, 11) is 0. The molecule has 0 radical (unpaired) electrons. The molecule has 1 aliphatic carbocycles. The molecule has 1 aromatic carbocycles. The summed E-state index contributed by atoms with van der Waals surface area (Å²) in [5.41, 5.74) is 6.35. The molecule has 0 atom stereocenters. The van der Waals surface area contributed by atoms with Crippen molar-refractivity contribution in [3.8, 4) is 0 Å². The van der Waals surface area contributed by atoms with E-state index in [-0.39, 0.29) is 11.4 Å². The predicted octanol–water partition coefficient (Wildman–Crippen LogP) is 3.59. The highest BCUT2D eigenvalue weighted by Crippen LogP contribution is 2.32. The van der Waals surface area contributed by atoms with E-state index in [2.05, 4.69) is 5.32 Å². The quantitative estimate of drug-likeness (QED) is 0.892. The minimum Gasteiger partial charge on any atom is -0.325 e. The first-order valence-electron chi connectivity index (χ1n) is 6.03. The van der Waals surface area contributed by atoms with Crippen molar-refractivity contribution in [2.45, 2.75) is 37.6 Å². The Morgan fingerprint density at radius 2 is 2.00 bits per heavy atom. The second-order valence-corrected chi connectivity index (χ2v) is 5.68. The fourth-order valence-corrected chi connectivity index (χ4v) is 2.72. The lowest BCUT2D eigenvalue weighted by Crippen LogP contribution is -2.40. The van der Waals surface area contributed by atoms with E-state index in [9.17, 15) is 4.79 Å². The topological polar surface area (TPSA) is 55.1 Å². The molecule has 98 valence electrons. The number of hydrogen-bond donors (Lipinski definition) is 2. The summed E-state index contributed by atoms with van der Waals surface area (Å²) in [4.78, 5) is 11.9. The van der Waals surface area contributed by atoms with Crippen LogP contribution >= 0.6 is 23.2 Å². The normalized spacial score (nSPS) is 17.7. The standard InChI is InChI=1S/C13H16Cl2N2O/c14-9-4-3-5-10(12(9)15)17-11(18)8-13(16)6-1-2-7-13/h3-5H,1-2,6-8,16H2,(H,17,18). The van der Waals surface area contributed by atoms with Gasteiger partial charge in [0.2, 0.25) is 5.91 Å². The molecule has 0 saturated heterocycles. The number of halogens is 2. The molecule has 1 fully saturated rings. The van der Waals surface area contributed by atoms with Crippen LogP contribution in [0, 0.1) is 0 Å². The molecule has 0 heterocycles. The Kier molecular flexibility index (Phi) is 4.15. The van der Waals surface area contributed by atoms with Crippen LogP contribution in [0.25, 0.3) is 0 Å². The highest BCUT2D eigenvalue weighted by molar-refractivity contribution is 6.43. The van der Waals surface area contributed by atoms with Gasteiger partial charge in [-0.15, -0.1) is 0 Å². The third kappa shape index (κ3) is 3.16. The van der Waals surface area contributed by atoms with E-state index in [0.717, 1.165) is 25.7 Å². The minimum atomic E-state index is -0.352. The van der Waals surface area contributed by atoms with E-state index in [1.54, 1.807) is 18.2 Å². The van der Waals surface area contributed by atoms with Crippen LogP contribution in [0.15, 0.2) is 18.2 Å². The SMILES string of the molecule is NC1(CC(=O)Nc2cccc(Cl)c2Cl)CCCC1. The number of carbonyl (C=O) groups excluding carboxylic acids is 1. The van der Waals surface area contributed by atoms with Gasteiger partial charge in [-0.2, -0.15) is 0 Å². The van der Waals surface area contributed by atoms with Crippen molar-refractivity contribution in [3.05, 3.63) is 28.2 Å². The summed E-state index contributed by atoms with van der Waals surface area (Å²) in [5, 5.41) is 3.56. The Morgan fingerprint density at radius 1 is 1.33 bits per heavy atom. The minimum absolute atomic E-state index is 0.108. The molecule has 1 aliphatic rings. The molecule has 3 N–H and O–H groups in total. The molecular formula is C13H16Cl2N2O. The lowest BCUT2D eigenvalue weighted by molar-refractivity contribution is -0.117. The summed E-state index contributed by atoms with van der Waals surface area (Å²) in [5.74, 6) is -0.108. The van der Waals surface area contributed by atoms with Crippen LogP contribution in [0.2, 0.25) is 10.0 Å². The van der Waals surface area contributed by atoms with Gasteiger partial charge in [0.05, 0.1) is 15.7 Å². The van der Waals surface area contributed by atoms with E-state index in [1.807, 2.05) is 0 Å². The maximum atomic E-state index is 11.9. The molecule has 1 amide bonds. The number of nitrogens with two attached hydrogens (primary N) is 1. The van der Waals surface area contributed by atoms with Crippen LogP contribution < -0.4 is 11.1 Å². The molecule has 1 saturated carbocycles. The third-order valence-corrected chi connectivity index (χ3v) is 4.16. The maximum Gasteiger partial charge on any atom is 0.226 e.